The molecular weight excluding hydrogens is 250 g/mol. The average molecular weight is 269 g/mol. The van der Waals surface area contributed by atoms with Gasteiger partial charge in [-0.2, -0.15) is 5.26 Å². The van der Waals surface area contributed by atoms with Crippen molar-refractivity contribution in [1.82, 2.24) is 9.80 Å². The van der Waals surface area contributed by atoms with Gasteiger partial charge in [-0.1, -0.05) is 0 Å². The topological polar surface area (TPSA) is 93.9 Å². The van der Waals surface area contributed by atoms with E-state index in [-0.39, 0.29) is 31.8 Å². The van der Waals surface area contributed by atoms with Crippen LogP contribution >= 0.6 is 0 Å². The highest BCUT2D eigenvalue weighted by Gasteiger charge is 2.37. The van der Waals surface area contributed by atoms with Gasteiger partial charge in [0.25, 0.3) is 0 Å². The zero-order valence-electron chi connectivity index (χ0n) is 11.2. The molecule has 0 saturated carbocycles. The molecule has 0 radical (unpaired) electrons. The van der Waals surface area contributed by atoms with Gasteiger partial charge in [0.15, 0.2) is 0 Å². The van der Waals surface area contributed by atoms with Gasteiger partial charge < -0.3 is 14.7 Å². The average Bonchev–Trinajstić information content (AvgIpc) is 2.75. The van der Waals surface area contributed by atoms with E-state index in [4.69, 9.17) is 5.26 Å². The van der Waals surface area contributed by atoms with Gasteiger partial charge in [0.1, 0.15) is 6.04 Å². The second-order valence-electron chi connectivity index (χ2n) is 4.58. The molecule has 7 heteroatoms. The van der Waals surface area contributed by atoms with Gasteiger partial charge in [-0.25, -0.2) is 0 Å². The predicted octanol–water partition coefficient (Wildman–Crippen LogP) is -1.03. The summed E-state index contributed by atoms with van der Waals surface area (Å²) in [5.41, 5.74) is 0. The highest BCUT2D eigenvalue weighted by molar-refractivity contribution is 5.80. The minimum absolute atomic E-state index is 0.0404. The molecule has 1 aliphatic rings. The van der Waals surface area contributed by atoms with Gasteiger partial charge in [-0.3, -0.25) is 14.5 Å². The first-order valence-corrected chi connectivity index (χ1v) is 6.10. The number of nitrogens with zero attached hydrogens (tertiary/aromatic N) is 3. The van der Waals surface area contributed by atoms with E-state index in [0.29, 0.717) is 6.54 Å². The SMILES string of the molecule is COC(=O)C1CC(O)CN1CC(=O)N(C)CCC#N. The highest BCUT2D eigenvalue weighted by Crippen LogP contribution is 2.18. The number of carbonyl (C=O) groups excluding carboxylic acids is 2. The Labute approximate surface area is 112 Å². The molecule has 0 aromatic rings. The van der Waals surface area contributed by atoms with E-state index in [0.717, 1.165) is 0 Å². The van der Waals surface area contributed by atoms with Crippen LogP contribution in [0.5, 0.6) is 0 Å². The van der Waals surface area contributed by atoms with E-state index < -0.39 is 18.1 Å². The van der Waals surface area contributed by atoms with Crippen LogP contribution in [0.2, 0.25) is 0 Å². The van der Waals surface area contributed by atoms with E-state index in [1.807, 2.05) is 6.07 Å². The fourth-order valence-electron chi connectivity index (χ4n) is 2.07. The Hall–Kier alpha value is -1.65. The number of aliphatic hydroxyl groups is 1. The molecule has 0 bridgehead atoms. The van der Waals surface area contributed by atoms with Crippen molar-refractivity contribution in [2.75, 3.05) is 33.8 Å². The first kappa shape index (κ1) is 15.4. The second kappa shape index (κ2) is 7.07. The number of β-amino-alcohol motifs (C(OH)–C–C–N with tert-alkyl or cyclic N) is 1. The van der Waals surface area contributed by atoms with Gasteiger partial charge in [0.2, 0.25) is 5.91 Å². The monoisotopic (exact) mass is 269 g/mol. The van der Waals surface area contributed by atoms with Gasteiger partial charge in [-0.05, 0) is 0 Å². The summed E-state index contributed by atoms with van der Waals surface area (Å²) in [6, 6.07) is 1.39. The molecule has 2 atom stereocenters. The number of hydrogen-bond donors (Lipinski definition) is 1. The van der Waals surface area contributed by atoms with E-state index in [2.05, 4.69) is 4.74 Å². The first-order valence-electron chi connectivity index (χ1n) is 6.10. The van der Waals surface area contributed by atoms with Gasteiger partial charge in [-0.15, -0.1) is 0 Å². The molecule has 7 nitrogen and oxygen atoms in total. The smallest absolute Gasteiger partial charge is 0.323 e. The number of aliphatic hydroxyl groups excluding tert-OH is 1. The lowest BCUT2D eigenvalue weighted by Crippen LogP contribution is -2.44. The first-order chi connectivity index (χ1) is 8.99. The number of amides is 1. The Morgan fingerprint density at radius 2 is 2.26 bits per heavy atom. The number of esters is 1. The molecule has 1 saturated heterocycles. The van der Waals surface area contributed by atoms with E-state index in [1.54, 1.807) is 11.9 Å². The zero-order valence-corrected chi connectivity index (χ0v) is 11.2. The highest BCUT2D eigenvalue weighted by atomic mass is 16.5. The van der Waals surface area contributed by atoms with Crippen LogP contribution in [0.1, 0.15) is 12.8 Å². The summed E-state index contributed by atoms with van der Waals surface area (Å²) in [5, 5.41) is 18.1. The second-order valence-corrected chi connectivity index (χ2v) is 4.58. The third-order valence-electron chi connectivity index (χ3n) is 3.18. The molecule has 1 aliphatic heterocycles. The van der Waals surface area contributed by atoms with Crippen molar-refractivity contribution in [3.8, 4) is 6.07 Å². The molecule has 1 fully saturated rings. The lowest BCUT2D eigenvalue weighted by Gasteiger charge is -2.24. The Kier molecular flexibility index (Phi) is 5.73. The third-order valence-corrected chi connectivity index (χ3v) is 3.18. The molecule has 1 N–H and O–H groups in total. The fraction of sp³-hybridized carbons (Fsp3) is 0.750. The molecule has 0 aromatic carbocycles. The summed E-state index contributed by atoms with van der Waals surface area (Å²) in [6.45, 7) is 0.672. The Morgan fingerprint density at radius 3 is 2.84 bits per heavy atom. The van der Waals surface area contributed by atoms with E-state index in [9.17, 15) is 14.7 Å². The maximum atomic E-state index is 11.9. The van der Waals surface area contributed by atoms with E-state index in [1.165, 1.54) is 12.0 Å². The Balaban J connectivity index is 2.56. The van der Waals surface area contributed by atoms with Gasteiger partial charge >= 0.3 is 5.97 Å². The quantitative estimate of drug-likeness (QED) is 0.641. The molecule has 1 rings (SSSR count). The number of likely N-dealkylation sites (tertiary alicyclic amines) is 1. The number of hydrogen-bond acceptors (Lipinski definition) is 6. The van der Waals surface area contributed by atoms with Crippen molar-refractivity contribution < 1.29 is 19.4 Å². The molecule has 106 valence electrons. The standard InChI is InChI=1S/C12H19N3O4/c1-14(5-3-4-13)11(17)8-15-7-9(16)6-10(15)12(18)19-2/h9-10,16H,3,5-8H2,1-2H3. The van der Waals surface area contributed by atoms with Crippen LogP contribution in [0.3, 0.4) is 0 Å². The van der Waals surface area contributed by atoms with Crippen LogP contribution < -0.4 is 0 Å². The minimum Gasteiger partial charge on any atom is -0.468 e. The lowest BCUT2D eigenvalue weighted by atomic mass is 10.2. The summed E-state index contributed by atoms with van der Waals surface area (Å²) in [4.78, 5) is 26.5. The molecule has 19 heavy (non-hydrogen) atoms. The summed E-state index contributed by atoms with van der Waals surface area (Å²) in [6.07, 6.45) is -0.0750. The molecular formula is C12H19N3O4. The van der Waals surface area contributed by atoms with Crippen molar-refractivity contribution >= 4 is 11.9 Å². The molecule has 1 heterocycles. The maximum Gasteiger partial charge on any atom is 0.323 e. The largest absolute Gasteiger partial charge is 0.468 e. The molecule has 2 unspecified atom stereocenters. The summed E-state index contributed by atoms with van der Waals surface area (Å²) in [5.74, 6) is -0.623. The Bertz CT molecular complexity index is 380. The number of nitriles is 1. The van der Waals surface area contributed by atoms with Crippen LogP contribution in [-0.2, 0) is 14.3 Å². The summed E-state index contributed by atoms with van der Waals surface area (Å²) >= 11 is 0. The van der Waals surface area contributed by atoms with Crippen LogP contribution in [0, 0.1) is 11.3 Å². The number of ether oxygens (including phenoxy) is 1. The lowest BCUT2D eigenvalue weighted by molar-refractivity contribution is -0.146. The summed E-state index contributed by atoms with van der Waals surface area (Å²) in [7, 11) is 2.89. The molecule has 1 amide bonds. The van der Waals surface area contributed by atoms with Crippen LogP contribution in [0.15, 0.2) is 0 Å². The minimum atomic E-state index is -0.624. The van der Waals surface area contributed by atoms with Crippen molar-refractivity contribution in [3.63, 3.8) is 0 Å². The zero-order chi connectivity index (χ0) is 14.4. The molecule has 0 aliphatic carbocycles. The van der Waals surface area contributed by atoms with Crippen molar-refractivity contribution in [2.24, 2.45) is 0 Å². The number of methoxy groups -OCH3 is 1. The predicted molar refractivity (Wildman–Crippen MR) is 65.9 cm³/mol. The number of likely N-dealkylation sites (N-methyl/N-ethyl adjacent to an activating group) is 1. The molecule has 0 spiro atoms. The summed E-state index contributed by atoms with van der Waals surface area (Å²) < 4.78 is 4.66. The van der Waals surface area contributed by atoms with E-state index >= 15 is 0 Å². The number of rotatable bonds is 5. The van der Waals surface area contributed by atoms with Crippen LogP contribution in [0.4, 0.5) is 0 Å². The molecule has 0 aromatic heterocycles. The van der Waals surface area contributed by atoms with Crippen molar-refractivity contribution in [2.45, 2.75) is 25.0 Å². The number of carbonyl (C=O) groups is 2. The third kappa shape index (κ3) is 4.19. The van der Waals surface area contributed by atoms with Crippen molar-refractivity contribution in [1.29, 1.82) is 5.26 Å². The van der Waals surface area contributed by atoms with Crippen molar-refractivity contribution in [3.05, 3.63) is 0 Å². The fourth-order valence-corrected chi connectivity index (χ4v) is 2.07. The maximum absolute atomic E-state index is 11.9. The van der Waals surface area contributed by atoms with Crippen LogP contribution in [-0.4, -0.2) is 72.7 Å². The normalized spacial score (nSPS) is 22.8. The Morgan fingerprint density at radius 1 is 1.58 bits per heavy atom. The van der Waals surface area contributed by atoms with Gasteiger partial charge in [0, 0.05) is 26.6 Å². The van der Waals surface area contributed by atoms with Crippen LogP contribution in [0.25, 0.3) is 0 Å². The van der Waals surface area contributed by atoms with Gasteiger partial charge in [0.05, 0.1) is 32.2 Å².